The van der Waals surface area contributed by atoms with E-state index in [0.717, 1.165) is 50.4 Å². The van der Waals surface area contributed by atoms with Crippen LogP contribution in [0, 0.1) is 0 Å². The number of amides is 1. The summed E-state index contributed by atoms with van der Waals surface area (Å²) < 4.78 is 16.1. The van der Waals surface area contributed by atoms with Crippen LogP contribution in [0.3, 0.4) is 0 Å². The summed E-state index contributed by atoms with van der Waals surface area (Å²) in [6.07, 6.45) is 0. The second-order valence-electron chi connectivity index (χ2n) is 8.39. The first kappa shape index (κ1) is 23.7. The standard InChI is InChI=1S/C27H24N4O4S/c1-3-35-27(34)26-25(19-7-4-17(15-32)5-8-19)21-13-20(28-16(2)33)9-11-24(21)31(26)14-18-6-10-22-23(12-18)30-36-29-22/h4-13,32H,3,14-15H2,1-2H3,(H,28,33). The molecule has 5 aromatic rings. The lowest BCUT2D eigenvalue weighted by molar-refractivity contribution is -0.114. The van der Waals surface area contributed by atoms with E-state index >= 15 is 0 Å². The zero-order valence-corrected chi connectivity index (χ0v) is 20.6. The Kier molecular flexibility index (Phi) is 6.49. The molecule has 0 aliphatic carbocycles. The largest absolute Gasteiger partial charge is 0.461 e. The predicted molar refractivity (Wildman–Crippen MR) is 140 cm³/mol. The number of hydrogen-bond acceptors (Lipinski definition) is 7. The van der Waals surface area contributed by atoms with Gasteiger partial charge in [-0.3, -0.25) is 4.79 Å². The second-order valence-corrected chi connectivity index (χ2v) is 8.91. The normalized spacial score (nSPS) is 11.2. The molecule has 0 spiro atoms. The summed E-state index contributed by atoms with van der Waals surface area (Å²) in [6, 6.07) is 18.9. The van der Waals surface area contributed by atoms with E-state index in [0.29, 0.717) is 23.5 Å². The van der Waals surface area contributed by atoms with Gasteiger partial charge >= 0.3 is 5.97 Å². The van der Waals surface area contributed by atoms with Gasteiger partial charge in [-0.25, -0.2) is 4.79 Å². The molecule has 0 saturated heterocycles. The monoisotopic (exact) mass is 500 g/mol. The fourth-order valence-corrected chi connectivity index (χ4v) is 4.91. The van der Waals surface area contributed by atoms with Crippen molar-refractivity contribution in [3.05, 3.63) is 77.5 Å². The maximum absolute atomic E-state index is 13.4. The third-order valence-electron chi connectivity index (χ3n) is 5.94. The molecule has 0 aliphatic heterocycles. The minimum atomic E-state index is -0.438. The van der Waals surface area contributed by atoms with Crippen molar-refractivity contribution in [2.24, 2.45) is 0 Å². The first-order chi connectivity index (χ1) is 17.5. The van der Waals surface area contributed by atoms with Crippen molar-refractivity contribution in [1.29, 1.82) is 0 Å². The number of benzene rings is 3. The highest BCUT2D eigenvalue weighted by molar-refractivity contribution is 7.00. The molecule has 2 aromatic heterocycles. The van der Waals surface area contributed by atoms with Crippen molar-refractivity contribution in [2.75, 3.05) is 11.9 Å². The van der Waals surface area contributed by atoms with E-state index in [1.54, 1.807) is 6.92 Å². The molecule has 0 atom stereocenters. The number of aliphatic hydroxyl groups is 1. The third kappa shape index (κ3) is 4.46. The lowest BCUT2D eigenvalue weighted by atomic mass is 10.00. The Morgan fingerprint density at radius 2 is 1.75 bits per heavy atom. The van der Waals surface area contributed by atoms with Gasteiger partial charge in [0.25, 0.3) is 0 Å². The molecule has 0 fully saturated rings. The van der Waals surface area contributed by atoms with E-state index in [2.05, 4.69) is 14.1 Å². The molecule has 0 radical (unpaired) electrons. The minimum absolute atomic E-state index is 0.0760. The fourth-order valence-electron chi connectivity index (χ4n) is 4.39. The summed E-state index contributed by atoms with van der Waals surface area (Å²) in [5.41, 5.74) is 6.75. The van der Waals surface area contributed by atoms with Crippen LogP contribution in [0.15, 0.2) is 60.7 Å². The number of rotatable bonds is 7. The Labute approximate surface area is 211 Å². The van der Waals surface area contributed by atoms with Gasteiger partial charge in [0.05, 0.1) is 24.9 Å². The summed E-state index contributed by atoms with van der Waals surface area (Å²) in [5.74, 6) is -0.620. The van der Waals surface area contributed by atoms with Crippen LogP contribution >= 0.6 is 11.7 Å². The number of anilines is 1. The van der Waals surface area contributed by atoms with Crippen molar-refractivity contribution in [2.45, 2.75) is 27.0 Å². The molecular weight excluding hydrogens is 476 g/mol. The maximum Gasteiger partial charge on any atom is 0.355 e. The van der Waals surface area contributed by atoms with E-state index in [9.17, 15) is 14.7 Å². The average molecular weight is 501 g/mol. The Hall–Kier alpha value is -4.08. The number of hydrogen-bond donors (Lipinski definition) is 2. The highest BCUT2D eigenvalue weighted by Crippen LogP contribution is 2.38. The van der Waals surface area contributed by atoms with Gasteiger partial charge in [-0.2, -0.15) is 8.75 Å². The van der Waals surface area contributed by atoms with Crippen LogP contribution < -0.4 is 5.32 Å². The first-order valence-electron chi connectivity index (χ1n) is 11.5. The topological polar surface area (TPSA) is 106 Å². The summed E-state index contributed by atoms with van der Waals surface area (Å²) in [7, 11) is 0. The number of fused-ring (bicyclic) bond motifs is 2. The van der Waals surface area contributed by atoms with E-state index in [1.807, 2.05) is 65.2 Å². The summed E-state index contributed by atoms with van der Waals surface area (Å²) in [4.78, 5) is 25.1. The molecule has 3 aromatic carbocycles. The second kappa shape index (κ2) is 9.88. The van der Waals surface area contributed by atoms with Crippen molar-refractivity contribution >= 4 is 51.2 Å². The van der Waals surface area contributed by atoms with Crippen LogP contribution in [-0.4, -0.2) is 36.9 Å². The molecular formula is C27H24N4O4S. The smallest absolute Gasteiger partial charge is 0.355 e. The third-order valence-corrected chi connectivity index (χ3v) is 6.49. The number of carbonyl (C=O) groups is 2. The molecule has 8 nitrogen and oxygen atoms in total. The van der Waals surface area contributed by atoms with Crippen LogP contribution in [0.4, 0.5) is 5.69 Å². The molecule has 0 unspecified atom stereocenters. The van der Waals surface area contributed by atoms with Crippen molar-refractivity contribution in [3.8, 4) is 11.1 Å². The highest BCUT2D eigenvalue weighted by Gasteiger charge is 2.25. The van der Waals surface area contributed by atoms with Crippen LogP contribution in [0.5, 0.6) is 0 Å². The molecule has 1 amide bonds. The molecule has 0 bridgehead atoms. The quantitative estimate of drug-likeness (QED) is 0.305. The Bertz CT molecular complexity index is 1590. The lowest BCUT2D eigenvalue weighted by Gasteiger charge is -2.12. The van der Waals surface area contributed by atoms with E-state index in [-0.39, 0.29) is 19.1 Å². The summed E-state index contributed by atoms with van der Waals surface area (Å²) in [5, 5.41) is 13.1. The predicted octanol–water partition coefficient (Wildman–Crippen LogP) is 4.99. The van der Waals surface area contributed by atoms with Gasteiger partial charge in [-0.15, -0.1) is 0 Å². The van der Waals surface area contributed by atoms with Gasteiger partial charge in [0, 0.05) is 35.6 Å². The number of esters is 1. The van der Waals surface area contributed by atoms with E-state index < -0.39 is 5.97 Å². The molecule has 2 heterocycles. The minimum Gasteiger partial charge on any atom is -0.461 e. The van der Waals surface area contributed by atoms with Crippen molar-refractivity contribution in [1.82, 2.24) is 13.3 Å². The first-order valence-corrected chi connectivity index (χ1v) is 12.2. The number of nitrogens with zero attached hydrogens (tertiary/aromatic N) is 3. The Morgan fingerprint density at radius 3 is 2.47 bits per heavy atom. The molecule has 0 aliphatic rings. The van der Waals surface area contributed by atoms with Gasteiger partial charge in [0.2, 0.25) is 5.91 Å². The number of aliphatic hydroxyl groups excluding tert-OH is 1. The van der Waals surface area contributed by atoms with Crippen LogP contribution in [-0.2, 0) is 22.7 Å². The number of carbonyl (C=O) groups excluding carboxylic acids is 2. The molecule has 36 heavy (non-hydrogen) atoms. The van der Waals surface area contributed by atoms with Gasteiger partial charge in [0.15, 0.2) is 0 Å². The van der Waals surface area contributed by atoms with Gasteiger partial charge in [0.1, 0.15) is 16.7 Å². The summed E-state index contributed by atoms with van der Waals surface area (Å²) in [6.45, 7) is 3.80. The molecule has 9 heteroatoms. The van der Waals surface area contributed by atoms with Crippen LogP contribution in [0.2, 0.25) is 0 Å². The van der Waals surface area contributed by atoms with Crippen molar-refractivity contribution in [3.63, 3.8) is 0 Å². The molecule has 2 N–H and O–H groups in total. The molecule has 5 rings (SSSR count). The lowest BCUT2D eigenvalue weighted by Crippen LogP contribution is -2.14. The maximum atomic E-state index is 13.4. The molecule has 0 saturated carbocycles. The number of aromatic nitrogens is 3. The van der Waals surface area contributed by atoms with Gasteiger partial charge < -0.3 is 19.7 Å². The number of ether oxygens (including phenoxy) is 1. The average Bonchev–Trinajstić information content (AvgIpc) is 3.46. The number of nitrogens with one attached hydrogen (secondary N) is 1. The van der Waals surface area contributed by atoms with Crippen LogP contribution in [0.25, 0.3) is 33.1 Å². The Balaban J connectivity index is 1.76. The molecule has 182 valence electrons. The van der Waals surface area contributed by atoms with Gasteiger partial charge in [-0.05, 0) is 53.9 Å². The fraction of sp³-hybridized carbons (Fsp3) is 0.185. The van der Waals surface area contributed by atoms with Gasteiger partial charge in [-0.1, -0.05) is 30.3 Å². The zero-order valence-electron chi connectivity index (χ0n) is 19.8. The van der Waals surface area contributed by atoms with E-state index in [1.165, 1.54) is 6.92 Å². The van der Waals surface area contributed by atoms with Crippen molar-refractivity contribution < 1.29 is 19.4 Å². The Morgan fingerprint density at radius 1 is 1.00 bits per heavy atom. The highest BCUT2D eigenvalue weighted by atomic mass is 32.1. The zero-order chi connectivity index (χ0) is 25.2. The summed E-state index contributed by atoms with van der Waals surface area (Å²) >= 11 is 1.16. The van der Waals surface area contributed by atoms with Crippen LogP contribution in [0.1, 0.15) is 35.5 Å². The SMILES string of the molecule is CCOC(=O)c1c(-c2ccc(CO)cc2)c2cc(NC(C)=O)ccc2n1Cc1ccc2nsnc2c1. The van der Waals surface area contributed by atoms with E-state index in [4.69, 9.17) is 4.74 Å².